The first kappa shape index (κ1) is 14.3. The zero-order valence-electron chi connectivity index (χ0n) is 13.4. The minimum absolute atomic E-state index is 0.00332. The summed E-state index contributed by atoms with van der Waals surface area (Å²) < 4.78 is 0. The zero-order valence-corrected chi connectivity index (χ0v) is 13.4. The van der Waals surface area contributed by atoms with Crippen molar-refractivity contribution in [1.82, 2.24) is 5.32 Å². The van der Waals surface area contributed by atoms with E-state index in [9.17, 15) is 4.79 Å². The predicted octanol–water partition coefficient (Wildman–Crippen LogP) is 3.69. The van der Waals surface area contributed by atoms with E-state index in [2.05, 4.69) is 48.6 Å². The van der Waals surface area contributed by atoms with Crippen molar-refractivity contribution < 1.29 is 4.79 Å². The number of fused-ring (bicyclic) bond motifs is 5. The minimum Gasteiger partial charge on any atom is -0.379 e. The number of nitrogens with one attached hydrogen (secondary N) is 1. The normalized spacial score (nSPS) is 28.0. The van der Waals surface area contributed by atoms with E-state index in [1.54, 1.807) is 6.08 Å². The van der Waals surface area contributed by atoms with Crippen LogP contribution in [0.15, 0.2) is 42.5 Å². The summed E-state index contributed by atoms with van der Waals surface area (Å²) in [4.78, 5) is 11.5. The van der Waals surface area contributed by atoms with Crippen molar-refractivity contribution in [2.45, 2.75) is 44.1 Å². The number of hydrogen-bond acceptors (Lipinski definition) is 2. The van der Waals surface area contributed by atoms with Crippen LogP contribution in [0, 0.1) is 0 Å². The van der Waals surface area contributed by atoms with Gasteiger partial charge in [0.15, 0.2) is 0 Å². The maximum Gasteiger partial charge on any atom is 0.243 e. The zero-order chi connectivity index (χ0) is 16.0. The Balaban J connectivity index is 2.03. The Labute approximate surface area is 136 Å². The molecule has 23 heavy (non-hydrogen) atoms. The summed E-state index contributed by atoms with van der Waals surface area (Å²) in [5.41, 5.74) is 8.84. The molecule has 1 amide bonds. The summed E-state index contributed by atoms with van der Waals surface area (Å²) in [5, 5.41) is 6.21. The van der Waals surface area contributed by atoms with Crippen LogP contribution in [0.4, 0.5) is 0 Å². The molecule has 1 fully saturated rings. The van der Waals surface area contributed by atoms with Gasteiger partial charge in [-0.1, -0.05) is 49.2 Å². The molecule has 4 rings (SSSR count). The quantitative estimate of drug-likeness (QED) is 0.790. The van der Waals surface area contributed by atoms with Gasteiger partial charge in [0.05, 0.1) is 0 Å². The van der Waals surface area contributed by atoms with Gasteiger partial charge in [-0.3, -0.25) is 4.79 Å². The molecule has 1 heterocycles. The smallest absolute Gasteiger partial charge is 0.243 e. The average Bonchev–Trinajstić information content (AvgIpc) is 2.53. The van der Waals surface area contributed by atoms with Gasteiger partial charge in [0.1, 0.15) is 0 Å². The molecule has 1 saturated carbocycles. The fourth-order valence-electron chi connectivity index (χ4n) is 4.48. The van der Waals surface area contributed by atoms with Gasteiger partial charge in [-0.05, 0) is 36.1 Å². The second kappa shape index (κ2) is 5.12. The van der Waals surface area contributed by atoms with Crippen LogP contribution in [-0.4, -0.2) is 11.4 Å². The van der Waals surface area contributed by atoms with Crippen LogP contribution >= 0.6 is 0 Å². The van der Waals surface area contributed by atoms with E-state index in [1.165, 1.54) is 35.6 Å². The maximum atomic E-state index is 11.5. The Bertz CT molecular complexity index is 824. The fraction of sp³-hybridized carbons (Fsp3) is 0.350. The highest BCUT2D eigenvalue weighted by molar-refractivity contribution is 5.98. The largest absolute Gasteiger partial charge is 0.379 e. The number of amides is 1. The number of primary amides is 1. The van der Waals surface area contributed by atoms with Crippen molar-refractivity contribution in [1.29, 1.82) is 0 Å². The van der Waals surface area contributed by atoms with Crippen molar-refractivity contribution >= 4 is 22.4 Å². The van der Waals surface area contributed by atoms with Crippen LogP contribution in [0.1, 0.15) is 49.7 Å². The average molecular weight is 306 g/mol. The summed E-state index contributed by atoms with van der Waals surface area (Å²) in [6.45, 7) is 2.29. The number of rotatable bonds is 1. The highest BCUT2D eigenvalue weighted by Gasteiger charge is 2.43. The third kappa shape index (κ3) is 2.23. The van der Waals surface area contributed by atoms with Crippen LogP contribution in [0.5, 0.6) is 0 Å². The number of carbonyl (C=O) groups is 1. The van der Waals surface area contributed by atoms with E-state index in [1.807, 2.05) is 0 Å². The Morgan fingerprint density at radius 1 is 1.26 bits per heavy atom. The van der Waals surface area contributed by atoms with E-state index in [-0.39, 0.29) is 5.54 Å². The first-order valence-corrected chi connectivity index (χ1v) is 8.40. The van der Waals surface area contributed by atoms with E-state index in [0.29, 0.717) is 5.92 Å². The van der Waals surface area contributed by atoms with Crippen molar-refractivity contribution in [3.8, 4) is 0 Å². The first-order valence-electron chi connectivity index (χ1n) is 8.40. The third-order valence-electron chi connectivity index (χ3n) is 5.52. The molecule has 0 spiro atoms. The molecule has 1 aliphatic carbocycles. The molecule has 3 heteroatoms. The molecule has 3 nitrogen and oxygen atoms in total. The lowest BCUT2D eigenvalue weighted by Gasteiger charge is -2.48. The van der Waals surface area contributed by atoms with E-state index in [4.69, 9.17) is 5.73 Å². The molecule has 2 unspecified atom stereocenters. The van der Waals surface area contributed by atoms with Crippen molar-refractivity contribution in [2.75, 3.05) is 0 Å². The van der Waals surface area contributed by atoms with E-state index < -0.39 is 5.91 Å². The van der Waals surface area contributed by atoms with Gasteiger partial charge in [-0.25, -0.2) is 0 Å². The summed E-state index contributed by atoms with van der Waals surface area (Å²) in [6.07, 6.45) is 6.35. The topological polar surface area (TPSA) is 55.1 Å². The lowest BCUT2D eigenvalue weighted by Crippen LogP contribution is -2.51. The van der Waals surface area contributed by atoms with Crippen LogP contribution in [0.25, 0.3) is 16.5 Å². The maximum absolute atomic E-state index is 11.5. The van der Waals surface area contributed by atoms with Gasteiger partial charge in [-0.2, -0.15) is 0 Å². The van der Waals surface area contributed by atoms with Gasteiger partial charge < -0.3 is 11.1 Å². The first-order chi connectivity index (χ1) is 11.1. The molecule has 0 saturated heterocycles. The van der Waals surface area contributed by atoms with Crippen LogP contribution in [0.3, 0.4) is 0 Å². The molecule has 118 valence electrons. The standard InChI is InChI=1S/C20H22N2O/c1-20-11-5-4-8-16(20)19-14-7-3-2-6-13(14)9-10-15(19)17(22-20)12-18(21)23/h2-3,6-7,9-10,12,16,22H,4-5,8,11H2,1H3,(H2,21,23)/b17-12-. The van der Waals surface area contributed by atoms with Crippen LogP contribution < -0.4 is 11.1 Å². The van der Waals surface area contributed by atoms with Crippen molar-refractivity contribution in [3.63, 3.8) is 0 Å². The van der Waals surface area contributed by atoms with Crippen LogP contribution in [-0.2, 0) is 4.79 Å². The summed E-state index contributed by atoms with van der Waals surface area (Å²) in [5.74, 6) is 0.0758. The monoisotopic (exact) mass is 306 g/mol. The third-order valence-corrected chi connectivity index (χ3v) is 5.52. The summed E-state index contributed by atoms with van der Waals surface area (Å²) in [7, 11) is 0. The highest BCUT2D eigenvalue weighted by Crippen LogP contribution is 2.49. The van der Waals surface area contributed by atoms with E-state index in [0.717, 1.165) is 17.7 Å². The number of benzene rings is 2. The summed E-state index contributed by atoms with van der Waals surface area (Å²) >= 11 is 0. The van der Waals surface area contributed by atoms with Crippen molar-refractivity contribution in [2.24, 2.45) is 5.73 Å². The molecule has 2 atom stereocenters. The fourth-order valence-corrected chi connectivity index (χ4v) is 4.48. The molecule has 2 aliphatic rings. The highest BCUT2D eigenvalue weighted by atomic mass is 16.1. The lowest BCUT2D eigenvalue weighted by atomic mass is 9.66. The van der Waals surface area contributed by atoms with E-state index >= 15 is 0 Å². The van der Waals surface area contributed by atoms with Gasteiger partial charge in [0.25, 0.3) is 0 Å². The molecular formula is C20H22N2O. The molecular weight excluding hydrogens is 284 g/mol. The Kier molecular flexibility index (Phi) is 3.19. The van der Waals surface area contributed by atoms with Crippen LogP contribution in [0.2, 0.25) is 0 Å². The summed E-state index contributed by atoms with van der Waals surface area (Å²) in [6, 6.07) is 12.8. The van der Waals surface area contributed by atoms with Gasteiger partial charge in [0, 0.05) is 28.8 Å². The molecule has 0 radical (unpaired) electrons. The number of nitrogens with two attached hydrogens (primary N) is 1. The second-order valence-corrected chi connectivity index (χ2v) is 7.05. The molecule has 0 aromatic heterocycles. The molecule has 2 aromatic rings. The van der Waals surface area contributed by atoms with Gasteiger partial charge in [-0.15, -0.1) is 0 Å². The Morgan fingerprint density at radius 2 is 2.09 bits per heavy atom. The Morgan fingerprint density at radius 3 is 2.91 bits per heavy atom. The van der Waals surface area contributed by atoms with Gasteiger partial charge in [0.2, 0.25) is 5.91 Å². The molecule has 0 bridgehead atoms. The molecule has 2 aromatic carbocycles. The van der Waals surface area contributed by atoms with Crippen molar-refractivity contribution in [3.05, 3.63) is 53.6 Å². The van der Waals surface area contributed by atoms with Gasteiger partial charge >= 0.3 is 0 Å². The second-order valence-electron chi connectivity index (χ2n) is 7.05. The minimum atomic E-state index is -0.399. The Hall–Kier alpha value is -2.29. The lowest BCUT2D eigenvalue weighted by molar-refractivity contribution is -0.113. The number of hydrogen-bond donors (Lipinski definition) is 2. The predicted molar refractivity (Wildman–Crippen MR) is 93.9 cm³/mol. The number of carbonyl (C=O) groups excluding carboxylic acids is 1. The molecule has 1 aliphatic heterocycles. The SMILES string of the molecule is CC12CCCCC1c1c(ccc3ccccc13)/C(=C/C(N)=O)N2. The molecule has 3 N–H and O–H groups in total.